The van der Waals surface area contributed by atoms with Crippen LogP contribution in [0.5, 0.6) is 17.2 Å². The third kappa shape index (κ3) is 5.41. The summed E-state index contributed by atoms with van der Waals surface area (Å²) in [7, 11) is 1.34. The first-order valence-electron chi connectivity index (χ1n) is 18.9. The molecule has 8 unspecified atom stereocenters. The molecule has 4 fully saturated rings. The standard InChI is InChI=1S/C43H52BrN3O7/c1-22(2)11-10-16-41(8)17-15-26-34(52-41)25(13-12-23(3)4)36-31(35(26)51-21-44)33-32-30(28(20-45)38(46)47-33)27-19-29-40(6,7)54-42(37(27)48,43(29,32)53-36)18-14-24(5)39(49)50-9/h11-12,14-15,17,27,29-30,32-33,47H,10,13,16,18-19,21,46H2,1-9H3/b24-14-. The number of methoxy groups -OCH3 is 1. The molecule has 4 aliphatic heterocycles. The Morgan fingerprint density at radius 2 is 1.83 bits per heavy atom. The molecule has 10 nitrogen and oxygen atoms in total. The number of esters is 1. The highest BCUT2D eigenvalue weighted by atomic mass is 79.9. The number of ether oxygens (including phenoxy) is 5. The van der Waals surface area contributed by atoms with Crippen molar-refractivity contribution in [3.63, 3.8) is 0 Å². The number of halogens is 1. The van der Waals surface area contributed by atoms with Crippen LogP contribution in [0.25, 0.3) is 6.08 Å². The molecule has 11 heteroatoms. The summed E-state index contributed by atoms with van der Waals surface area (Å²) >= 11 is 3.54. The summed E-state index contributed by atoms with van der Waals surface area (Å²) < 4.78 is 33.5. The molecule has 1 saturated heterocycles. The number of Topliss-reactive ketones (excluding diaryl/α,β-unsaturated/α-hetero) is 1. The molecule has 7 aliphatic rings. The number of carbonyl (C=O) groups excluding carboxylic acids is 2. The number of alkyl halides is 1. The van der Waals surface area contributed by atoms with Crippen LogP contribution in [0.15, 0.2) is 52.4 Å². The monoisotopic (exact) mass is 801 g/mol. The molecule has 3 saturated carbocycles. The van der Waals surface area contributed by atoms with Crippen LogP contribution in [0.4, 0.5) is 0 Å². The predicted molar refractivity (Wildman–Crippen MR) is 209 cm³/mol. The molecule has 1 aromatic rings. The molecule has 3 N–H and O–H groups in total. The lowest BCUT2D eigenvalue weighted by molar-refractivity contribution is -0.224. The minimum absolute atomic E-state index is 0.0935. The van der Waals surface area contributed by atoms with E-state index < -0.39 is 52.2 Å². The summed E-state index contributed by atoms with van der Waals surface area (Å²) in [5, 5.41) is 14.2. The molecule has 0 aromatic heterocycles. The third-order valence-corrected chi connectivity index (χ3v) is 13.0. The lowest BCUT2D eigenvalue weighted by Crippen LogP contribution is -2.80. The van der Waals surface area contributed by atoms with Crippen LogP contribution in [-0.4, -0.2) is 46.8 Å². The van der Waals surface area contributed by atoms with E-state index in [4.69, 9.17) is 29.4 Å². The fourth-order valence-corrected chi connectivity index (χ4v) is 10.7. The first-order chi connectivity index (χ1) is 25.5. The van der Waals surface area contributed by atoms with Crippen molar-refractivity contribution in [1.29, 1.82) is 5.26 Å². The number of benzene rings is 1. The lowest BCUT2D eigenvalue weighted by Gasteiger charge is -2.66. The number of ketones is 1. The predicted octanol–water partition coefficient (Wildman–Crippen LogP) is 7.81. The largest absolute Gasteiger partial charge is 0.482 e. The van der Waals surface area contributed by atoms with Gasteiger partial charge in [-0.25, -0.2) is 4.79 Å². The number of hydrogen-bond donors (Lipinski definition) is 2. The van der Waals surface area contributed by atoms with E-state index >= 15 is 4.79 Å². The van der Waals surface area contributed by atoms with Gasteiger partial charge in [0, 0.05) is 41.2 Å². The van der Waals surface area contributed by atoms with Gasteiger partial charge in [-0.1, -0.05) is 29.4 Å². The summed E-state index contributed by atoms with van der Waals surface area (Å²) in [4.78, 5) is 27.9. The van der Waals surface area contributed by atoms with Crippen LogP contribution in [-0.2, 0) is 25.5 Å². The van der Waals surface area contributed by atoms with E-state index in [0.29, 0.717) is 41.2 Å². The molecule has 1 spiro atoms. The van der Waals surface area contributed by atoms with Crippen LogP contribution in [0.1, 0.15) is 104 Å². The zero-order chi connectivity index (χ0) is 39.1. The van der Waals surface area contributed by atoms with Gasteiger partial charge < -0.3 is 34.7 Å². The van der Waals surface area contributed by atoms with Crippen molar-refractivity contribution in [3.05, 3.63) is 69.1 Å². The Kier molecular flexibility index (Phi) is 9.45. The van der Waals surface area contributed by atoms with Gasteiger partial charge in [0.15, 0.2) is 17.0 Å². The molecule has 8 rings (SSSR count). The van der Waals surface area contributed by atoms with Gasteiger partial charge in [-0.2, -0.15) is 5.26 Å². The molecule has 54 heavy (non-hydrogen) atoms. The van der Waals surface area contributed by atoms with Crippen LogP contribution < -0.4 is 25.3 Å². The Hall–Kier alpha value is -4.01. The van der Waals surface area contributed by atoms with Gasteiger partial charge in [0.1, 0.15) is 34.2 Å². The minimum atomic E-state index is -1.48. The van der Waals surface area contributed by atoms with Crippen molar-refractivity contribution in [1.82, 2.24) is 5.32 Å². The smallest absolute Gasteiger partial charge is 0.333 e. The van der Waals surface area contributed by atoms with Gasteiger partial charge >= 0.3 is 5.97 Å². The summed E-state index contributed by atoms with van der Waals surface area (Å²) in [5.41, 5.74) is 8.37. The van der Waals surface area contributed by atoms with Crippen LogP contribution >= 0.6 is 15.9 Å². The average Bonchev–Trinajstić information content (AvgIpc) is 3.25. The van der Waals surface area contributed by atoms with Crippen molar-refractivity contribution in [3.8, 4) is 23.3 Å². The van der Waals surface area contributed by atoms with E-state index in [1.54, 1.807) is 13.0 Å². The molecule has 1 aromatic carbocycles. The maximum atomic E-state index is 15.2. The topological polar surface area (TPSA) is 142 Å². The van der Waals surface area contributed by atoms with E-state index in [9.17, 15) is 10.1 Å². The van der Waals surface area contributed by atoms with E-state index in [-0.39, 0.29) is 29.5 Å². The number of allylic oxidation sites excluding steroid dienone is 5. The van der Waals surface area contributed by atoms with Gasteiger partial charge in [0.05, 0.1) is 41.5 Å². The number of rotatable bonds is 10. The number of nitrogens with one attached hydrogen (secondary N) is 1. The molecular formula is C43H52BrN3O7. The van der Waals surface area contributed by atoms with Crippen LogP contribution in [0.3, 0.4) is 0 Å². The SMILES string of the molecule is COC(=O)/C(C)=C\CC12OC(C)(C)C3CC(C1=O)C1C(C#N)=C(N)NC4c5c(OCBr)c6c(c(CC=C(C)C)c5OC32C41)OC(C)(CCC=C(C)C)C=C6. The third-order valence-electron chi connectivity index (χ3n) is 12.7. The summed E-state index contributed by atoms with van der Waals surface area (Å²) in [6.45, 7) is 16.1. The van der Waals surface area contributed by atoms with E-state index in [1.807, 2.05) is 13.8 Å². The first-order valence-corrected chi connectivity index (χ1v) is 20.0. The van der Waals surface area contributed by atoms with Crippen molar-refractivity contribution in [2.75, 3.05) is 12.6 Å². The van der Waals surface area contributed by atoms with Crippen LogP contribution in [0.2, 0.25) is 0 Å². The summed E-state index contributed by atoms with van der Waals surface area (Å²) in [6, 6.07) is 1.87. The molecule has 4 heterocycles. The highest BCUT2D eigenvalue weighted by Crippen LogP contribution is 2.75. The minimum Gasteiger partial charge on any atom is -0.482 e. The average molecular weight is 803 g/mol. The number of hydrogen-bond acceptors (Lipinski definition) is 10. The highest BCUT2D eigenvalue weighted by Gasteiger charge is 2.86. The second-order valence-corrected chi connectivity index (χ2v) is 17.4. The fraction of sp³-hybridized carbons (Fsp3) is 0.558. The molecule has 0 radical (unpaired) electrons. The van der Waals surface area contributed by atoms with Crippen molar-refractivity contribution in [2.45, 2.75) is 116 Å². The molecular weight excluding hydrogens is 750 g/mol. The quantitative estimate of drug-likeness (QED) is 0.104. The molecule has 8 atom stereocenters. The first kappa shape index (κ1) is 38.3. The van der Waals surface area contributed by atoms with Gasteiger partial charge in [0.25, 0.3) is 0 Å². The number of nitriles is 1. The van der Waals surface area contributed by atoms with Gasteiger partial charge in [0.2, 0.25) is 0 Å². The van der Waals surface area contributed by atoms with E-state index in [1.165, 1.54) is 12.7 Å². The molecule has 288 valence electrons. The van der Waals surface area contributed by atoms with Gasteiger partial charge in [-0.3, -0.25) is 4.79 Å². The van der Waals surface area contributed by atoms with Gasteiger partial charge in [-0.05, 0) is 109 Å². The molecule has 4 bridgehead atoms. The van der Waals surface area contributed by atoms with Crippen molar-refractivity contribution in [2.24, 2.45) is 29.4 Å². The Morgan fingerprint density at radius 1 is 1.11 bits per heavy atom. The van der Waals surface area contributed by atoms with E-state index in [2.05, 4.69) is 86.2 Å². The van der Waals surface area contributed by atoms with Crippen molar-refractivity contribution >= 4 is 33.8 Å². The number of nitrogens with two attached hydrogens (primary N) is 1. The Bertz CT molecular complexity index is 2010. The zero-order valence-electron chi connectivity index (χ0n) is 32.8. The fourth-order valence-electron chi connectivity index (χ4n) is 10.5. The zero-order valence-corrected chi connectivity index (χ0v) is 34.4. The van der Waals surface area contributed by atoms with E-state index in [0.717, 1.165) is 35.1 Å². The van der Waals surface area contributed by atoms with Crippen LogP contribution in [0, 0.1) is 35.0 Å². The normalized spacial score (nSPS) is 33.2. The maximum Gasteiger partial charge on any atom is 0.333 e. The Balaban J connectivity index is 1.54. The lowest BCUT2D eigenvalue weighted by atomic mass is 9.41. The summed E-state index contributed by atoms with van der Waals surface area (Å²) in [6.07, 6.45) is 13.0. The maximum absolute atomic E-state index is 15.2. The second-order valence-electron chi connectivity index (χ2n) is 17.0. The van der Waals surface area contributed by atoms with Gasteiger partial charge in [-0.15, -0.1) is 0 Å². The molecule has 3 aliphatic carbocycles. The Labute approximate surface area is 326 Å². The number of fused-ring (bicyclic) bond motifs is 3. The summed E-state index contributed by atoms with van der Waals surface area (Å²) in [5.74, 6) is -0.288. The van der Waals surface area contributed by atoms with Crippen molar-refractivity contribution < 1.29 is 33.3 Å². The molecule has 0 amide bonds. The number of carbonyl (C=O) groups is 2. The Morgan fingerprint density at radius 3 is 2.48 bits per heavy atom. The highest BCUT2D eigenvalue weighted by molar-refractivity contribution is 9.09. The number of nitrogens with zero attached hydrogens (tertiary/aromatic N) is 1. The second kappa shape index (κ2) is 13.3.